The third-order valence-electron chi connectivity index (χ3n) is 4.59. The molecule has 0 spiro atoms. The molecule has 172 valence electrons. The molecule has 0 unspecified atom stereocenters. The van der Waals surface area contributed by atoms with Crippen LogP contribution in [0.15, 0.2) is 70.7 Å². The van der Waals surface area contributed by atoms with Gasteiger partial charge >= 0.3 is 0 Å². The van der Waals surface area contributed by atoms with Gasteiger partial charge in [0.05, 0.1) is 18.1 Å². The summed E-state index contributed by atoms with van der Waals surface area (Å²) >= 11 is 9.28. The highest BCUT2D eigenvalue weighted by Gasteiger charge is 2.19. The van der Waals surface area contributed by atoms with E-state index in [1.807, 2.05) is 18.2 Å². The molecule has 0 radical (unpaired) electrons. The summed E-state index contributed by atoms with van der Waals surface area (Å²) in [5.74, 6) is -0.106. The molecule has 0 aliphatic heterocycles. The van der Waals surface area contributed by atoms with Gasteiger partial charge < -0.3 is 14.8 Å². The Kier molecular flexibility index (Phi) is 8.24. The van der Waals surface area contributed by atoms with E-state index in [9.17, 15) is 20.2 Å². The van der Waals surface area contributed by atoms with Crippen molar-refractivity contribution in [3.63, 3.8) is 0 Å². The van der Waals surface area contributed by atoms with Crippen LogP contribution in [0.5, 0.6) is 11.5 Å². The van der Waals surface area contributed by atoms with Gasteiger partial charge in [-0.2, -0.15) is 5.26 Å². The summed E-state index contributed by atoms with van der Waals surface area (Å²) in [5.41, 5.74) is 0.663. The second kappa shape index (κ2) is 11.3. The summed E-state index contributed by atoms with van der Waals surface area (Å²) < 4.78 is 11.6. The van der Waals surface area contributed by atoms with E-state index in [1.165, 1.54) is 31.4 Å². The molecule has 8 nitrogen and oxygen atoms in total. The maximum absolute atomic E-state index is 12.8. The number of benzene rings is 3. The van der Waals surface area contributed by atoms with Crippen molar-refractivity contribution < 1.29 is 19.2 Å². The van der Waals surface area contributed by atoms with Gasteiger partial charge in [0.25, 0.3) is 11.6 Å². The molecule has 0 atom stereocenters. The number of amides is 1. The Morgan fingerprint density at radius 1 is 1.21 bits per heavy atom. The lowest BCUT2D eigenvalue weighted by molar-refractivity contribution is -0.384. The second-order valence-corrected chi connectivity index (χ2v) is 8.21. The summed E-state index contributed by atoms with van der Waals surface area (Å²) in [6.07, 6.45) is 1.35. The number of carbonyl (C=O) groups is 1. The number of nitrogens with one attached hydrogen (secondary N) is 1. The van der Waals surface area contributed by atoms with Crippen molar-refractivity contribution in [3.8, 4) is 17.6 Å². The van der Waals surface area contributed by atoms with Gasteiger partial charge in [0.2, 0.25) is 0 Å². The van der Waals surface area contributed by atoms with Crippen LogP contribution in [0.4, 0.5) is 11.4 Å². The number of rotatable bonds is 8. The Balaban J connectivity index is 1.86. The number of ether oxygens (including phenoxy) is 2. The molecule has 0 bridgehead atoms. The lowest BCUT2D eigenvalue weighted by Gasteiger charge is -2.11. The van der Waals surface area contributed by atoms with Crippen molar-refractivity contribution in [1.82, 2.24) is 0 Å². The normalized spacial score (nSPS) is 10.8. The van der Waals surface area contributed by atoms with E-state index in [2.05, 4.69) is 21.2 Å². The van der Waals surface area contributed by atoms with Gasteiger partial charge in [0, 0.05) is 15.1 Å². The molecule has 3 aromatic rings. The minimum absolute atomic E-state index is 0.0644. The first-order valence-corrected chi connectivity index (χ1v) is 10.9. The van der Waals surface area contributed by atoms with Crippen LogP contribution in [0.3, 0.4) is 0 Å². The molecule has 1 N–H and O–H groups in total. The van der Waals surface area contributed by atoms with Crippen molar-refractivity contribution in [1.29, 1.82) is 5.26 Å². The highest BCUT2D eigenvalue weighted by atomic mass is 79.9. The predicted molar refractivity (Wildman–Crippen MR) is 132 cm³/mol. The zero-order valence-electron chi connectivity index (χ0n) is 17.7. The van der Waals surface area contributed by atoms with Gasteiger partial charge in [-0.3, -0.25) is 14.9 Å². The Hall–Kier alpha value is -3.87. The molecule has 0 aromatic heterocycles. The molecular weight excluding hydrogens is 526 g/mol. The maximum Gasteiger partial charge on any atom is 0.296 e. The van der Waals surface area contributed by atoms with Crippen molar-refractivity contribution in [2.75, 3.05) is 12.4 Å². The van der Waals surface area contributed by atoms with Gasteiger partial charge in [-0.25, -0.2) is 0 Å². The SMILES string of the molecule is COc1ccc(NC(=O)/C(C#N)=C/c2cc(Br)ccc2OCc2ccc(Cl)cc2)c([N+](=O)[O-])c1. The molecule has 0 heterocycles. The summed E-state index contributed by atoms with van der Waals surface area (Å²) in [5, 5.41) is 24.0. The average molecular weight is 543 g/mol. The summed E-state index contributed by atoms with van der Waals surface area (Å²) in [4.78, 5) is 23.5. The topological polar surface area (TPSA) is 114 Å². The van der Waals surface area contributed by atoms with Gasteiger partial charge in [-0.05, 0) is 54.1 Å². The van der Waals surface area contributed by atoms with Crippen LogP contribution >= 0.6 is 27.5 Å². The molecule has 10 heteroatoms. The number of carbonyl (C=O) groups excluding carboxylic acids is 1. The zero-order chi connectivity index (χ0) is 24.7. The zero-order valence-corrected chi connectivity index (χ0v) is 20.1. The molecule has 0 aliphatic rings. The van der Waals surface area contributed by atoms with Gasteiger partial charge in [-0.1, -0.05) is 39.7 Å². The molecule has 34 heavy (non-hydrogen) atoms. The van der Waals surface area contributed by atoms with E-state index in [0.29, 0.717) is 20.8 Å². The lowest BCUT2D eigenvalue weighted by atomic mass is 10.1. The predicted octanol–water partition coefficient (Wildman–Crippen LogP) is 6.14. The first kappa shape index (κ1) is 24.8. The van der Waals surface area contributed by atoms with E-state index in [-0.39, 0.29) is 29.3 Å². The van der Waals surface area contributed by atoms with Crippen LogP contribution in [0.25, 0.3) is 6.08 Å². The van der Waals surface area contributed by atoms with Crippen molar-refractivity contribution >= 4 is 50.9 Å². The number of hydrogen-bond donors (Lipinski definition) is 1. The van der Waals surface area contributed by atoms with E-state index < -0.39 is 10.8 Å². The molecule has 0 saturated carbocycles. The van der Waals surface area contributed by atoms with Crippen molar-refractivity contribution in [2.24, 2.45) is 0 Å². The second-order valence-electron chi connectivity index (χ2n) is 6.86. The van der Waals surface area contributed by atoms with Crippen LogP contribution in [-0.2, 0) is 11.4 Å². The molecule has 1 amide bonds. The first-order chi connectivity index (χ1) is 16.3. The minimum atomic E-state index is -0.806. The van der Waals surface area contributed by atoms with E-state index in [0.717, 1.165) is 5.56 Å². The monoisotopic (exact) mass is 541 g/mol. The lowest BCUT2D eigenvalue weighted by Crippen LogP contribution is -2.14. The number of halogens is 2. The first-order valence-electron chi connectivity index (χ1n) is 9.73. The van der Waals surface area contributed by atoms with Crippen molar-refractivity contribution in [2.45, 2.75) is 6.61 Å². The fraction of sp³-hybridized carbons (Fsp3) is 0.0833. The fourth-order valence-corrected chi connectivity index (χ4v) is 3.40. The largest absolute Gasteiger partial charge is 0.496 e. The van der Waals surface area contributed by atoms with Gasteiger partial charge in [-0.15, -0.1) is 0 Å². The Morgan fingerprint density at radius 3 is 2.59 bits per heavy atom. The summed E-state index contributed by atoms with van der Waals surface area (Å²) in [7, 11) is 1.37. The van der Waals surface area contributed by atoms with Crippen LogP contribution in [0.1, 0.15) is 11.1 Å². The smallest absolute Gasteiger partial charge is 0.296 e. The quantitative estimate of drug-likeness (QED) is 0.158. The van der Waals surface area contributed by atoms with Crippen LogP contribution in [0.2, 0.25) is 5.02 Å². The molecule has 3 rings (SSSR count). The van der Waals surface area contributed by atoms with Crippen LogP contribution in [-0.4, -0.2) is 17.9 Å². The average Bonchev–Trinajstić information content (AvgIpc) is 2.83. The third-order valence-corrected chi connectivity index (χ3v) is 5.34. The number of hydrogen-bond acceptors (Lipinski definition) is 6. The van der Waals surface area contributed by atoms with Gasteiger partial charge in [0.1, 0.15) is 35.4 Å². The fourth-order valence-electron chi connectivity index (χ4n) is 2.89. The summed E-state index contributed by atoms with van der Waals surface area (Å²) in [6.45, 7) is 0.242. The maximum atomic E-state index is 12.8. The number of methoxy groups -OCH3 is 1. The Bertz CT molecular complexity index is 1300. The number of nitro benzene ring substituents is 1. The Morgan fingerprint density at radius 2 is 1.94 bits per heavy atom. The molecule has 0 aliphatic carbocycles. The van der Waals surface area contributed by atoms with Crippen LogP contribution in [0, 0.1) is 21.4 Å². The number of nitriles is 1. The van der Waals surface area contributed by atoms with Crippen molar-refractivity contribution in [3.05, 3.63) is 97.0 Å². The molecule has 3 aromatic carbocycles. The highest BCUT2D eigenvalue weighted by molar-refractivity contribution is 9.10. The Labute approximate surface area is 208 Å². The summed E-state index contributed by atoms with van der Waals surface area (Å²) in [6, 6.07) is 18.1. The molecule has 0 fully saturated rings. The highest BCUT2D eigenvalue weighted by Crippen LogP contribution is 2.30. The van der Waals surface area contributed by atoms with E-state index in [1.54, 1.807) is 30.3 Å². The van der Waals surface area contributed by atoms with E-state index >= 15 is 0 Å². The number of anilines is 1. The third kappa shape index (κ3) is 6.34. The van der Waals surface area contributed by atoms with Crippen LogP contribution < -0.4 is 14.8 Å². The molecular formula is C24H17BrClN3O5. The minimum Gasteiger partial charge on any atom is -0.496 e. The van der Waals surface area contributed by atoms with E-state index in [4.69, 9.17) is 21.1 Å². The number of nitrogens with zero attached hydrogens (tertiary/aromatic N) is 2. The van der Waals surface area contributed by atoms with Gasteiger partial charge in [0.15, 0.2) is 0 Å². The standard InChI is InChI=1S/C24H17BrClN3O5/c1-33-20-7-8-21(22(12-20)29(31)32)28-24(30)17(13-27)10-16-11-18(25)4-9-23(16)34-14-15-2-5-19(26)6-3-15/h2-12H,14H2,1H3,(H,28,30)/b17-10+. The molecule has 0 saturated heterocycles. The number of nitro groups is 1.